The summed E-state index contributed by atoms with van der Waals surface area (Å²) in [6, 6.07) is 0. The summed E-state index contributed by atoms with van der Waals surface area (Å²) in [6.45, 7) is 6.00. The van der Waals surface area contributed by atoms with Gasteiger partial charge in [0.2, 0.25) is 0 Å². The van der Waals surface area contributed by atoms with Crippen LogP contribution in [0.25, 0.3) is 0 Å². The smallest absolute Gasteiger partial charge is 0.381 e. The molecule has 0 aliphatic carbocycles. The first kappa shape index (κ1) is 16.4. The fourth-order valence-electron chi connectivity index (χ4n) is 1.53. The largest absolute Gasteiger partial charge is 3.00 e. The molecule has 4 heteroatoms. The van der Waals surface area contributed by atoms with E-state index in [1.165, 1.54) is 38.5 Å². The van der Waals surface area contributed by atoms with Gasteiger partial charge in [-0.2, -0.15) is 0 Å². The Morgan fingerprint density at radius 1 is 0.375 bits per heavy atom. The van der Waals surface area contributed by atoms with Gasteiger partial charge in [0.25, 0.3) is 0 Å². The van der Waals surface area contributed by atoms with Gasteiger partial charge < -0.3 is 14.2 Å². The van der Waals surface area contributed by atoms with Gasteiger partial charge >= 0.3 is 17.4 Å². The first-order valence-corrected chi connectivity index (χ1v) is 6.23. The van der Waals surface area contributed by atoms with Crippen LogP contribution in [0.3, 0.4) is 0 Å². The van der Waals surface area contributed by atoms with E-state index in [1.807, 2.05) is 0 Å². The predicted molar refractivity (Wildman–Crippen MR) is 60.2 cm³/mol. The molecule has 0 spiro atoms. The Hall–Kier alpha value is 0.412. The van der Waals surface area contributed by atoms with Gasteiger partial charge in [-0.05, 0) is 38.5 Å². The van der Waals surface area contributed by atoms with Crippen LogP contribution in [0, 0.1) is 0 Å². The Morgan fingerprint density at radius 2 is 0.562 bits per heavy atom. The monoisotopic (exact) mass is 268 g/mol. The fraction of sp³-hybridized carbons (Fsp3) is 1.00. The summed E-state index contributed by atoms with van der Waals surface area (Å²) in [5.74, 6) is 0. The van der Waals surface area contributed by atoms with Crippen LogP contribution in [0.2, 0.25) is 0 Å². The fourth-order valence-corrected chi connectivity index (χ4v) is 1.53. The van der Waals surface area contributed by atoms with E-state index in [1.54, 1.807) is 0 Å². The molecule has 1 radical (unpaired) electrons. The Bertz CT molecular complexity index is 74.8. The Labute approximate surface area is 110 Å². The predicted octanol–water partition coefficient (Wildman–Crippen LogP) is 2.39. The first-order chi connectivity index (χ1) is 7.50. The van der Waals surface area contributed by atoms with Gasteiger partial charge in [0.05, 0.1) is 0 Å². The zero-order chi connectivity index (χ0) is 10.6. The molecule has 0 amide bonds. The maximum atomic E-state index is 4.94. The molecule has 0 bridgehead atoms. The van der Waals surface area contributed by atoms with Crippen LogP contribution in [-0.2, 0) is 31.6 Å². The Morgan fingerprint density at radius 3 is 0.625 bits per heavy atom. The van der Waals surface area contributed by atoms with Crippen LogP contribution in [0.1, 0.15) is 38.5 Å². The molecule has 3 aliphatic rings. The second kappa shape index (κ2) is 13.5. The summed E-state index contributed by atoms with van der Waals surface area (Å²) >= 11 is 0. The van der Waals surface area contributed by atoms with Crippen molar-refractivity contribution in [2.75, 3.05) is 39.6 Å². The Kier molecular flexibility index (Phi) is 13.8. The summed E-state index contributed by atoms with van der Waals surface area (Å²) in [7, 11) is 0. The molecule has 0 atom stereocenters. The zero-order valence-corrected chi connectivity index (χ0v) is 11.4. The SMILES string of the molecule is C1CCOC1.C1CCOC1.C1CCOC1.[Cr+3]. The molecule has 3 heterocycles. The van der Waals surface area contributed by atoms with E-state index in [4.69, 9.17) is 14.2 Å². The third-order valence-corrected chi connectivity index (χ3v) is 2.48. The van der Waals surface area contributed by atoms with Crippen molar-refractivity contribution < 1.29 is 31.6 Å². The second-order valence-corrected chi connectivity index (χ2v) is 3.96. The van der Waals surface area contributed by atoms with Crippen molar-refractivity contribution in [2.24, 2.45) is 0 Å². The average molecular weight is 268 g/mol. The zero-order valence-electron chi connectivity index (χ0n) is 10.1. The minimum absolute atomic E-state index is 0. The van der Waals surface area contributed by atoms with Gasteiger partial charge in [-0.25, -0.2) is 0 Å². The topological polar surface area (TPSA) is 27.7 Å². The molecule has 3 fully saturated rings. The van der Waals surface area contributed by atoms with E-state index in [0.717, 1.165) is 39.6 Å². The molecule has 3 aliphatic heterocycles. The summed E-state index contributed by atoms with van der Waals surface area (Å²) in [4.78, 5) is 0. The summed E-state index contributed by atoms with van der Waals surface area (Å²) in [5.41, 5.74) is 0. The van der Waals surface area contributed by atoms with Crippen molar-refractivity contribution >= 4 is 0 Å². The van der Waals surface area contributed by atoms with Crippen molar-refractivity contribution in [1.29, 1.82) is 0 Å². The van der Waals surface area contributed by atoms with Crippen LogP contribution < -0.4 is 0 Å². The van der Waals surface area contributed by atoms with E-state index < -0.39 is 0 Å². The van der Waals surface area contributed by atoms with Gasteiger partial charge in [0, 0.05) is 39.6 Å². The molecule has 0 unspecified atom stereocenters. The third-order valence-electron chi connectivity index (χ3n) is 2.48. The third kappa shape index (κ3) is 10.9. The van der Waals surface area contributed by atoms with E-state index in [-0.39, 0.29) is 17.4 Å². The molecule has 0 aromatic heterocycles. The molecule has 0 N–H and O–H groups in total. The van der Waals surface area contributed by atoms with Gasteiger partial charge in [0.15, 0.2) is 0 Å². The summed E-state index contributed by atoms with van der Waals surface area (Å²) in [6.07, 6.45) is 7.67. The van der Waals surface area contributed by atoms with Crippen LogP contribution in [0.5, 0.6) is 0 Å². The molecule has 0 aromatic carbocycles. The molecule has 93 valence electrons. The standard InChI is InChI=1S/3C4H8O.Cr/c3*1-2-4-5-3-1;/h3*1-4H2;/q;;;+3. The molecule has 16 heavy (non-hydrogen) atoms. The number of rotatable bonds is 0. The number of hydrogen-bond acceptors (Lipinski definition) is 3. The van der Waals surface area contributed by atoms with Gasteiger partial charge in [0.1, 0.15) is 0 Å². The van der Waals surface area contributed by atoms with E-state index in [9.17, 15) is 0 Å². The van der Waals surface area contributed by atoms with Gasteiger partial charge in [-0.3, -0.25) is 0 Å². The average Bonchev–Trinajstić information content (AvgIpc) is 3.09. The minimum Gasteiger partial charge on any atom is -0.381 e. The van der Waals surface area contributed by atoms with Crippen molar-refractivity contribution in [3.05, 3.63) is 0 Å². The number of hydrogen-bond donors (Lipinski definition) is 0. The maximum absolute atomic E-state index is 4.94. The molecule has 3 saturated heterocycles. The van der Waals surface area contributed by atoms with Gasteiger partial charge in [-0.1, -0.05) is 0 Å². The second-order valence-electron chi connectivity index (χ2n) is 3.96. The van der Waals surface area contributed by atoms with Crippen molar-refractivity contribution in [3.8, 4) is 0 Å². The van der Waals surface area contributed by atoms with Crippen molar-refractivity contribution in [2.45, 2.75) is 38.5 Å². The quantitative estimate of drug-likeness (QED) is 0.675. The Balaban J connectivity index is 0.000000205. The molecule has 0 aromatic rings. The maximum Gasteiger partial charge on any atom is 3.00 e. The molecule has 3 rings (SSSR count). The summed E-state index contributed by atoms with van der Waals surface area (Å²) in [5, 5.41) is 0. The van der Waals surface area contributed by atoms with E-state index in [0.29, 0.717) is 0 Å². The summed E-state index contributed by atoms with van der Waals surface area (Å²) < 4.78 is 14.8. The van der Waals surface area contributed by atoms with Crippen LogP contribution in [0.15, 0.2) is 0 Å². The van der Waals surface area contributed by atoms with Crippen LogP contribution in [0.4, 0.5) is 0 Å². The minimum atomic E-state index is 0. The van der Waals surface area contributed by atoms with E-state index in [2.05, 4.69) is 0 Å². The molecular formula is C12H24CrO3+3. The number of ether oxygens (including phenoxy) is 3. The van der Waals surface area contributed by atoms with E-state index >= 15 is 0 Å². The van der Waals surface area contributed by atoms with Crippen molar-refractivity contribution in [1.82, 2.24) is 0 Å². The molecular weight excluding hydrogens is 244 g/mol. The molecule has 0 saturated carbocycles. The van der Waals surface area contributed by atoms with Crippen LogP contribution >= 0.6 is 0 Å². The first-order valence-electron chi connectivity index (χ1n) is 6.23. The van der Waals surface area contributed by atoms with Crippen LogP contribution in [-0.4, -0.2) is 39.6 Å². The molecule has 3 nitrogen and oxygen atoms in total. The normalized spacial score (nSPS) is 22.5. The van der Waals surface area contributed by atoms with Crippen molar-refractivity contribution in [3.63, 3.8) is 0 Å². The van der Waals surface area contributed by atoms with Gasteiger partial charge in [-0.15, -0.1) is 0 Å².